The number of fused-ring (bicyclic) bond motifs is 3. The average Bonchev–Trinajstić information content (AvgIpc) is 2.86. The SMILES string of the molecule is CCn1c2ccccc2n2c(CN)nnc12. The van der Waals surface area contributed by atoms with Gasteiger partial charge in [-0.25, -0.2) is 0 Å². The molecule has 0 amide bonds. The summed E-state index contributed by atoms with van der Waals surface area (Å²) in [6, 6.07) is 8.20. The highest BCUT2D eigenvalue weighted by Gasteiger charge is 2.13. The molecule has 0 saturated heterocycles. The van der Waals surface area contributed by atoms with Gasteiger partial charge in [0.25, 0.3) is 0 Å². The van der Waals surface area contributed by atoms with Gasteiger partial charge in [0.1, 0.15) is 0 Å². The van der Waals surface area contributed by atoms with E-state index in [0.29, 0.717) is 6.54 Å². The third-order valence-corrected chi connectivity index (χ3v) is 2.87. The van der Waals surface area contributed by atoms with Gasteiger partial charge in [-0.15, -0.1) is 10.2 Å². The van der Waals surface area contributed by atoms with Crippen LogP contribution in [0, 0.1) is 0 Å². The number of aryl methyl sites for hydroxylation is 1. The van der Waals surface area contributed by atoms with Gasteiger partial charge in [0, 0.05) is 6.54 Å². The Balaban J connectivity index is 2.55. The van der Waals surface area contributed by atoms with Crippen LogP contribution in [0.25, 0.3) is 16.8 Å². The molecule has 0 aliphatic carbocycles. The molecule has 0 unspecified atom stereocenters. The molecule has 0 atom stereocenters. The maximum atomic E-state index is 5.67. The predicted molar refractivity (Wildman–Crippen MR) is 62.0 cm³/mol. The second-order valence-corrected chi connectivity index (χ2v) is 3.69. The number of imidazole rings is 1. The van der Waals surface area contributed by atoms with E-state index in [1.54, 1.807) is 0 Å². The van der Waals surface area contributed by atoms with Gasteiger partial charge in [0.2, 0.25) is 5.78 Å². The van der Waals surface area contributed by atoms with Crippen LogP contribution in [0.5, 0.6) is 0 Å². The molecule has 0 spiro atoms. The van der Waals surface area contributed by atoms with Crippen molar-refractivity contribution in [1.29, 1.82) is 0 Å². The van der Waals surface area contributed by atoms with E-state index in [-0.39, 0.29) is 0 Å². The summed E-state index contributed by atoms with van der Waals surface area (Å²) in [4.78, 5) is 0. The largest absolute Gasteiger partial charge is 0.324 e. The summed E-state index contributed by atoms with van der Waals surface area (Å²) in [6.07, 6.45) is 0. The third kappa shape index (κ3) is 1.03. The summed E-state index contributed by atoms with van der Waals surface area (Å²) in [5, 5.41) is 8.29. The van der Waals surface area contributed by atoms with Crippen LogP contribution in [0.3, 0.4) is 0 Å². The van der Waals surface area contributed by atoms with E-state index in [1.807, 2.05) is 16.5 Å². The zero-order valence-electron chi connectivity index (χ0n) is 9.09. The van der Waals surface area contributed by atoms with E-state index in [4.69, 9.17) is 5.73 Å². The van der Waals surface area contributed by atoms with Crippen molar-refractivity contribution in [2.24, 2.45) is 5.73 Å². The van der Waals surface area contributed by atoms with Crippen molar-refractivity contribution in [2.45, 2.75) is 20.0 Å². The Morgan fingerprint density at radius 3 is 2.62 bits per heavy atom. The van der Waals surface area contributed by atoms with Crippen LogP contribution in [-0.2, 0) is 13.1 Å². The number of rotatable bonds is 2. The minimum atomic E-state index is 0.402. The van der Waals surface area contributed by atoms with Gasteiger partial charge < -0.3 is 10.3 Å². The molecule has 0 radical (unpaired) electrons. The molecular weight excluding hydrogens is 202 g/mol. The fraction of sp³-hybridized carbons (Fsp3) is 0.273. The molecule has 16 heavy (non-hydrogen) atoms. The van der Waals surface area contributed by atoms with Crippen molar-refractivity contribution >= 4 is 16.8 Å². The lowest BCUT2D eigenvalue weighted by Gasteiger charge is -1.97. The van der Waals surface area contributed by atoms with Crippen LogP contribution < -0.4 is 5.73 Å². The average molecular weight is 215 g/mol. The van der Waals surface area contributed by atoms with E-state index in [1.165, 1.54) is 5.52 Å². The molecule has 2 N–H and O–H groups in total. The molecule has 0 fully saturated rings. The summed E-state index contributed by atoms with van der Waals surface area (Å²) in [7, 11) is 0. The summed E-state index contributed by atoms with van der Waals surface area (Å²) >= 11 is 0. The number of hydrogen-bond donors (Lipinski definition) is 1. The smallest absolute Gasteiger partial charge is 0.236 e. The molecule has 3 rings (SSSR count). The topological polar surface area (TPSA) is 61.1 Å². The minimum Gasteiger partial charge on any atom is -0.324 e. The molecule has 2 heterocycles. The monoisotopic (exact) mass is 215 g/mol. The number of aromatic nitrogens is 4. The quantitative estimate of drug-likeness (QED) is 0.697. The van der Waals surface area contributed by atoms with E-state index < -0.39 is 0 Å². The number of para-hydroxylation sites is 2. The molecule has 1 aromatic carbocycles. The first kappa shape index (κ1) is 9.35. The normalized spacial score (nSPS) is 11.6. The lowest BCUT2D eigenvalue weighted by Crippen LogP contribution is -2.01. The highest BCUT2D eigenvalue weighted by Crippen LogP contribution is 2.20. The Kier molecular flexibility index (Phi) is 1.94. The van der Waals surface area contributed by atoms with E-state index in [9.17, 15) is 0 Å². The lowest BCUT2D eigenvalue weighted by atomic mass is 10.3. The van der Waals surface area contributed by atoms with Crippen molar-refractivity contribution in [3.05, 3.63) is 30.1 Å². The fourth-order valence-corrected chi connectivity index (χ4v) is 2.16. The molecule has 5 heteroatoms. The second-order valence-electron chi connectivity index (χ2n) is 3.69. The predicted octanol–water partition coefficient (Wildman–Crippen LogP) is 1.16. The van der Waals surface area contributed by atoms with Crippen LogP contribution in [0.1, 0.15) is 12.7 Å². The first-order chi connectivity index (χ1) is 7.86. The molecule has 3 aromatic rings. The van der Waals surface area contributed by atoms with E-state index in [0.717, 1.165) is 23.7 Å². The summed E-state index contributed by atoms with van der Waals surface area (Å²) in [5.74, 6) is 1.67. The van der Waals surface area contributed by atoms with Crippen molar-refractivity contribution in [2.75, 3.05) is 0 Å². The standard InChI is InChI=1S/C11H13N5/c1-2-15-8-5-3-4-6-9(8)16-10(7-12)13-14-11(15)16/h3-6H,2,7,12H2,1H3. The zero-order valence-corrected chi connectivity index (χ0v) is 9.09. The second kappa shape index (κ2) is 3.31. The molecule has 0 aliphatic rings. The maximum Gasteiger partial charge on any atom is 0.236 e. The van der Waals surface area contributed by atoms with Crippen molar-refractivity contribution in [1.82, 2.24) is 19.2 Å². The molecule has 82 valence electrons. The minimum absolute atomic E-state index is 0.402. The third-order valence-electron chi connectivity index (χ3n) is 2.87. The van der Waals surface area contributed by atoms with Crippen molar-refractivity contribution in [3.8, 4) is 0 Å². The van der Waals surface area contributed by atoms with Gasteiger partial charge in [-0.3, -0.25) is 4.40 Å². The van der Waals surface area contributed by atoms with Crippen LogP contribution in [0.4, 0.5) is 0 Å². The molecule has 5 nitrogen and oxygen atoms in total. The number of hydrogen-bond acceptors (Lipinski definition) is 3. The van der Waals surface area contributed by atoms with Crippen LogP contribution in [0.15, 0.2) is 24.3 Å². The molecule has 0 saturated carbocycles. The van der Waals surface area contributed by atoms with Crippen LogP contribution in [-0.4, -0.2) is 19.2 Å². The zero-order chi connectivity index (χ0) is 11.1. The van der Waals surface area contributed by atoms with Gasteiger partial charge >= 0.3 is 0 Å². The molecule has 0 aliphatic heterocycles. The van der Waals surface area contributed by atoms with Crippen LogP contribution >= 0.6 is 0 Å². The molecular formula is C11H13N5. The van der Waals surface area contributed by atoms with E-state index in [2.05, 4.69) is 33.8 Å². The maximum absolute atomic E-state index is 5.67. The summed E-state index contributed by atoms with van der Waals surface area (Å²) in [6.45, 7) is 3.38. The Morgan fingerprint density at radius 1 is 1.19 bits per heavy atom. The first-order valence-corrected chi connectivity index (χ1v) is 5.38. The Hall–Kier alpha value is -1.88. The van der Waals surface area contributed by atoms with Gasteiger partial charge in [-0.05, 0) is 19.1 Å². The van der Waals surface area contributed by atoms with Gasteiger partial charge in [0.15, 0.2) is 5.82 Å². The number of nitrogens with zero attached hydrogens (tertiary/aromatic N) is 4. The Labute approximate surface area is 92.5 Å². The van der Waals surface area contributed by atoms with Crippen LogP contribution in [0.2, 0.25) is 0 Å². The summed E-state index contributed by atoms with van der Waals surface area (Å²) in [5.41, 5.74) is 7.96. The Morgan fingerprint density at radius 2 is 1.94 bits per heavy atom. The van der Waals surface area contributed by atoms with Crippen molar-refractivity contribution in [3.63, 3.8) is 0 Å². The van der Waals surface area contributed by atoms with Crippen molar-refractivity contribution < 1.29 is 0 Å². The lowest BCUT2D eigenvalue weighted by molar-refractivity contribution is 0.802. The Bertz CT molecular complexity index is 649. The summed E-state index contributed by atoms with van der Waals surface area (Å²) < 4.78 is 4.17. The number of nitrogens with two attached hydrogens (primary N) is 1. The highest BCUT2D eigenvalue weighted by molar-refractivity contribution is 5.80. The van der Waals surface area contributed by atoms with Gasteiger partial charge in [-0.2, -0.15) is 0 Å². The fourth-order valence-electron chi connectivity index (χ4n) is 2.16. The van der Waals surface area contributed by atoms with E-state index >= 15 is 0 Å². The molecule has 0 bridgehead atoms. The van der Waals surface area contributed by atoms with Gasteiger partial charge in [0.05, 0.1) is 17.6 Å². The van der Waals surface area contributed by atoms with Gasteiger partial charge in [-0.1, -0.05) is 12.1 Å². The first-order valence-electron chi connectivity index (χ1n) is 5.38. The number of benzene rings is 1. The molecule has 2 aromatic heterocycles. The highest BCUT2D eigenvalue weighted by atomic mass is 15.3.